The largest absolute Gasteiger partial charge is 0.383 e. The quantitative estimate of drug-likeness (QED) is 0.748. The topological polar surface area (TPSA) is 50.9 Å². The predicted molar refractivity (Wildman–Crippen MR) is 98.3 cm³/mol. The SMILES string of the molecule is OC1(c2ccc(-c3ccc(Cl)cc3)cc2)CCCCC1n1cncn1. The third-order valence-corrected chi connectivity index (χ3v) is 5.41. The van der Waals surface area contributed by atoms with E-state index < -0.39 is 5.60 Å². The summed E-state index contributed by atoms with van der Waals surface area (Å²) in [6.07, 6.45) is 6.97. The normalized spacial score (nSPS) is 23.5. The molecular weight excluding hydrogens is 334 g/mol. The molecule has 1 aromatic heterocycles. The summed E-state index contributed by atoms with van der Waals surface area (Å²) in [5, 5.41) is 16.5. The van der Waals surface area contributed by atoms with Gasteiger partial charge in [0, 0.05) is 5.02 Å². The van der Waals surface area contributed by atoms with Crippen molar-refractivity contribution in [2.24, 2.45) is 0 Å². The molecule has 1 fully saturated rings. The van der Waals surface area contributed by atoms with Crippen molar-refractivity contribution in [2.45, 2.75) is 37.3 Å². The van der Waals surface area contributed by atoms with E-state index in [2.05, 4.69) is 22.2 Å². The fourth-order valence-electron chi connectivity index (χ4n) is 3.80. The van der Waals surface area contributed by atoms with E-state index in [4.69, 9.17) is 11.6 Å². The summed E-state index contributed by atoms with van der Waals surface area (Å²) < 4.78 is 1.80. The number of rotatable bonds is 3. The van der Waals surface area contributed by atoms with Gasteiger partial charge in [-0.05, 0) is 41.7 Å². The van der Waals surface area contributed by atoms with Gasteiger partial charge < -0.3 is 5.11 Å². The molecule has 1 N–H and O–H groups in total. The number of halogens is 1. The molecule has 1 aliphatic rings. The molecule has 0 amide bonds. The Hall–Kier alpha value is -2.17. The summed E-state index contributed by atoms with van der Waals surface area (Å²) >= 11 is 5.96. The summed E-state index contributed by atoms with van der Waals surface area (Å²) in [6.45, 7) is 0. The van der Waals surface area contributed by atoms with Crippen LogP contribution in [0.2, 0.25) is 5.02 Å². The molecule has 0 saturated heterocycles. The minimum Gasteiger partial charge on any atom is -0.383 e. The highest BCUT2D eigenvalue weighted by Gasteiger charge is 2.42. The molecule has 2 atom stereocenters. The van der Waals surface area contributed by atoms with Gasteiger partial charge in [0.25, 0.3) is 0 Å². The number of hydrogen-bond donors (Lipinski definition) is 1. The summed E-state index contributed by atoms with van der Waals surface area (Å²) in [4.78, 5) is 4.05. The van der Waals surface area contributed by atoms with Crippen LogP contribution in [0, 0.1) is 0 Å². The second kappa shape index (κ2) is 6.62. The van der Waals surface area contributed by atoms with E-state index in [1.165, 1.54) is 6.33 Å². The summed E-state index contributed by atoms with van der Waals surface area (Å²) in [5.41, 5.74) is 2.24. The van der Waals surface area contributed by atoms with Gasteiger partial charge in [-0.25, -0.2) is 9.67 Å². The van der Waals surface area contributed by atoms with Gasteiger partial charge in [-0.1, -0.05) is 60.8 Å². The van der Waals surface area contributed by atoms with Gasteiger partial charge in [0.15, 0.2) is 0 Å². The number of hydrogen-bond acceptors (Lipinski definition) is 3. The van der Waals surface area contributed by atoms with Crippen LogP contribution in [0.5, 0.6) is 0 Å². The van der Waals surface area contributed by atoms with Crippen LogP contribution in [0.25, 0.3) is 11.1 Å². The fraction of sp³-hybridized carbons (Fsp3) is 0.300. The first-order valence-electron chi connectivity index (χ1n) is 8.60. The monoisotopic (exact) mass is 353 g/mol. The van der Waals surface area contributed by atoms with Crippen molar-refractivity contribution in [3.8, 4) is 11.1 Å². The molecule has 2 unspecified atom stereocenters. The highest BCUT2D eigenvalue weighted by Crippen LogP contribution is 2.44. The molecule has 128 valence electrons. The Kier molecular flexibility index (Phi) is 4.32. The van der Waals surface area contributed by atoms with Gasteiger partial charge in [0.2, 0.25) is 0 Å². The maximum Gasteiger partial charge on any atom is 0.137 e. The average Bonchev–Trinajstić information content (AvgIpc) is 3.17. The Morgan fingerprint density at radius 2 is 1.68 bits per heavy atom. The third kappa shape index (κ3) is 3.08. The third-order valence-electron chi connectivity index (χ3n) is 5.16. The fourth-order valence-corrected chi connectivity index (χ4v) is 3.92. The van der Waals surface area contributed by atoms with Crippen molar-refractivity contribution < 1.29 is 5.11 Å². The smallest absolute Gasteiger partial charge is 0.137 e. The standard InChI is InChI=1S/C20H20ClN3O/c21-18-10-6-16(7-11-18)15-4-8-17(9-5-15)20(25)12-2-1-3-19(20)24-14-22-13-23-24/h4-11,13-14,19,25H,1-3,12H2. The summed E-state index contributed by atoms with van der Waals surface area (Å²) in [5.74, 6) is 0. The number of aliphatic hydroxyl groups is 1. The van der Waals surface area contributed by atoms with Gasteiger partial charge in [-0.3, -0.25) is 0 Å². The second-order valence-electron chi connectivity index (χ2n) is 6.65. The molecule has 0 spiro atoms. The Bertz CT molecular complexity index is 830. The van der Waals surface area contributed by atoms with E-state index in [-0.39, 0.29) is 6.04 Å². The second-order valence-corrected chi connectivity index (χ2v) is 7.08. The molecule has 4 nitrogen and oxygen atoms in total. The van der Waals surface area contributed by atoms with E-state index in [0.717, 1.165) is 47.4 Å². The molecule has 5 heteroatoms. The predicted octanol–water partition coefficient (Wildman–Crippen LogP) is 4.60. The summed E-state index contributed by atoms with van der Waals surface area (Å²) in [6, 6.07) is 15.9. The van der Waals surface area contributed by atoms with Gasteiger partial charge in [-0.2, -0.15) is 5.10 Å². The van der Waals surface area contributed by atoms with E-state index >= 15 is 0 Å². The van der Waals surface area contributed by atoms with Crippen LogP contribution < -0.4 is 0 Å². The Morgan fingerprint density at radius 3 is 2.32 bits per heavy atom. The molecular formula is C20H20ClN3O. The molecule has 1 aliphatic carbocycles. The molecule has 0 radical (unpaired) electrons. The number of nitrogens with zero attached hydrogens (tertiary/aromatic N) is 3. The minimum atomic E-state index is -0.912. The molecule has 3 aromatic rings. The first-order chi connectivity index (χ1) is 12.2. The van der Waals surface area contributed by atoms with Gasteiger partial charge in [0.1, 0.15) is 18.3 Å². The lowest BCUT2D eigenvalue weighted by molar-refractivity contribution is -0.0516. The van der Waals surface area contributed by atoms with Gasteiger partial charge in [-0.15, -0.1) is 0 Å². The molecule has 2 aromatic carbocycles. The van der Waals surface area contributed by atoms with Crippen LogP contribution in [0.4, 0.5) is 0 Å². The zero-order chi connectivity index (χ0) is 17.3. The maximum atomic E-state index is 11.5. The maximum absolute atomic E-state index is 11.5. The van der Waals surface area contributed by atoms with Crippen LogP contribution in [0.15, 0.2) is 61.2 Å². The first-order valence-corrected chi connectivity index (χ1v) is 8.97. The Morgan fingerprint density at radius 1 is 1.00 bits per heavy atom. The van der Waals surface area contributed by atoms with Crippen molar-refractivity contribution in [2.75, 3.05) is 0 Å². The molecule has 4 rings (SSSR count). The molecule has 0 bridgehead atoms. The number of aromatic nitrogens is 3. The van der Waals surface area contributed by atoms with Gasteiger partial charge >= 0.3 is 0 Å². The van der Waals surface area contributed by atoms with Crippen LogP contribution >= 0.6 is 11.6 Å². The van der Waals surface area contributed by atoms with E-state index in [1.54, 1.807) is 11.0 Å². The molecule has 25 heavy (non-hydrogen) atoms. The van der Waals surface area contributed by atoms with E-state index in [9.17, 15) is 5.11 Å². The molecule has 1 saturated carbocycles. The lowest BCUT2D eigenvalue weighted by Gasteiger charge is -2.40. The highest BCUT2D eigenvalue weighted by atomic mass is 35.5. The van der Waals surface area contributed by atoms with Crippen molar-refractivity contribution >= 4 is 11.6 Å². The van der Waals surface area contributed by atoms with Crippen LogP contribution in [-0.4, -0.2) is 19.9 Å². The highest BCUT2D eigenvalue weighted by molar-refractivity contribution is 6.30. The Balaban J connectivity index is 1.66. The number of benzene rings is 2. The van der Waals surface area contributed by atoms with E-state index in [1.807, 2.05) is 36.4 Å². The Labute approximate surface area is 152 Å². The average molecular weight is 354 g/mol. The zero-order valence-corrected chi connectivity index (χ0v) is 14.6. The lowest BCUT2D eigenvalue weighted by Crippen LogP contribution is -2.39. The van der Waals surface area contributed by atoms with Crippen LogP contribution in [0.3, 0.4) is 0 Å². The van der Waals surface area contributed by atoms with E-state index in [0.29, 0.717) is 0 Å². The first kappa shape index (κ1) is 16.3. The zero-order valence-electron chi connectivity index (χ0n) is 13.8. The van der Waals surface area contributed by atoms with Crippen molar-refractivity contribution in [1.29, 1.82) is 0 Å². The van der Waals surface area contributed by atoms with Crippen LogP contribution in [-0.2, 0) is 5.60 Å². The van der Waals surface area contributed by atoms with Crippen LogP contribution in [0.1, 0.15) is 37.3 Å². The lowest BCUT2D eigenvalue weighted by atomic mass is 9.75. The minimum absolute atomic E-state index is 0.0786. The van der Waals surface area contributed by atoms with Crippen molar-refractivity contribution in [3.63, 3.8) is 0 Å². The summed E-state index contributed by atoms with van der Waals surface area (Å²) in [7, 11) is 0. The van der Waals surface area contributed by atoms with Gasteiger partial charge in [0.05, 0.1) is 6.04 Å². The van der Waals surface area contributed by atoms with Crippen molar-refractivity contribution in [3.05, 3.63) is 71.8 Å². The van der Waals surface area contributed by atoms with Crippen molar-refractivity contribution in [1.82, 2.24) is 14.8 Å². The molecule has 0 aliphatic heterocycles. The molecule has 1 heterocycles.